The van der Waals surface area contributed by atoms with Gasteiger partial charge in [0.25, 0.3) is 0 Å². The maximum Gasteiger partial charge on any atom is 0.414 e. The van der Waals surface area contributed by atoms with Crippen molar-refractivity contribution >= 4 is 11.9 Å². The van der Waals surface area contributed by atoms with Crippen LogP contribution in [0.25, 0.3) is 0 Å². The van der Waals surface area contributed by atoms with E-state index in [-0.39, 0.29) is 12.4 Å². The Balaban J connectivity index is 1.93. The van der Waals surface area contributed by atoms with Crippen LogP contribution in [0, 0.1) is 0 Å². The van der Waals surface area contributed by atoms with Gasteiger partial charge in [0.1, 0.15) is 6.61 Å². The van der Waals surface area contributed by atoms with Crippen LogP contribution in [0.4, 0.5) is 4.79 Å². The summed E-state index contributed by atoms with van der Waals surface area (Å²) in [4.78, 5) is 24.7. The Morgan fingerprint density at radius 1 is 1.26 bits per heavy atom. The Bertz CT molecular complexity index is 493. The molecule has 0 spiro atoms. The Morgan fingerprint density at radius 3 is 2.68 bits per heavy atom. The third-order valence-corrected chi connectivity index (χ3v) is 3.05. The molecule has 0 bridgehead atoms. The SMILES string of the molecule is CC(=O)C1=CN(C(=O)OCc2ccccc2)CCC1. The fourth-order valence-corrected chi connectivity index (χ4v) is 1.97. The lowest BCUT2D eigenvalue weighted by atomic mass is 10.0. The Labute approximate surface area is 112 Å². The molecule has 0 saturated carbocycles. The van der Waals surface area contributed by atoms with Gasteiger partial charge in [-0.25, -0.2) is 4.79 Å². The van der Waals surface area contributed by atoms with Crippen molar-refractivity contribution in [2.45, 2.75) is 26.4 Å². The minimum Gasteiger partial charge on any atom is -0.444 e. The average molecular weight is 259 g/mol. The number of carbonyl (C=O) groups is 2. The number of hydrogen-bond acceptors (Lipinski definition) is 3. The van der Waals surface area contributed by atoms with Crippen molar-refractivity contribution in [3.8, 4) is 0 Å². The molecule has 1 aromatic carbocycles. The van der Waals surface area contributed by atoms with Gasteiger partial charge in [-0.15, -0.1) is 0 Å². The summed E-state index contributed by atoms with van der Waals surface area (Å²) < 4.78 is 5.23. The molecule has 19 heavy (non-hydrogen) atoms. The first-order valence-corrected chi connectivity index (χ1v) is 6.36. The van der Waals surface area contributed by atoms with Crippen LogP contribution in [0.2, 0.25) is 0 Å². The van der Waals surface area contributed by atoms with E-state index in [1.165, 1.54) is 11.8 Å². The zero-order valence-corrected chi connectivity index (χ0v) is 11.0. The van der Waals surface area contributed by atoms with E-state index in [0.29, 0.717) is 12.1 Å². The molecule has 1 aromatic rings. The predicted molar refractivity (Wildman–Crippen MR) is 71.3 cm³/mol. The summed E-state index contributed by atoms with van der Waals surface area (Å²) in [5, 5.41) is 0. The van der Waals surface area contributed by atoms with E-state index in [2.05, 4.69) is 0 Å². The monoisotopic (exact) mass is 259 g/mol. The molecule has 0 N–H and O–H groups in total. The maximum absolute atomic E-state index is 11.9. The zero-order chi connectivity index (χ0) is 13.7. The smallest absolute Gasteiger partial charge is 0.414 e. The van der Waals surface area contributed by atoms with Crippen LogP contribution < -0.4 is 0 Å². The van der Waals surface area contributed by atoms with Crippen molar-refractivity contribution in [3.63, 3.8) is 0 Å². The molecule has 1 aliphatic heterocycles. The Morgan fingerprint density at radius 2 is 2.00 bits per heavy atom. The van der Waals surface area contributed by atoms with Crippen molar-refractivity contribution in [3.05, 3.63) is 47.7 Å². The third-order valence-electron chi connectivity index (χ3n) is 3.05. The minimum atomic E-state index is -0.401. The van der Waals surface area contributed by atoms with Gasteiger partial charge in [0.2, 0.25) is 0 Å². The predicted octanol–water partition coefficient (Wildman–Crippen LogP) is 2.89. The van der Waals surface area contributed by atoms with Crippen LogP contribution in [0.5, 0.6) is 0 Å². The molecule has 1 amide bonds. The van der Waals surface area contributed by atoms with Crippen LogP contribution in [-0.4, -0.2) is 23.3 Å². The van der Waals surface area contributed by atoms with Gasteiger partial charge in [0.05, 0.1) is 0 Å². The number of allylic oxidation sites excluding steroid dienone is 1. The van der Waals surface area contributed by atoms with Crippen LogP contribution in [0.15, 0.2) is 42.1 Å². The first-order chi connectivity index (χ1) is 9.16. The van der Waals surface area contributed by atoms with E-state index in [4.69, 9.17) is 4.74 Å². The van der Waals surface area contributed by atoms with E-state index >= 15 is 0 Å². The van der Waals surface area contributed by atoms with E-state index < -0.39 is 6.09 Å². The lowest BCUT2D eigenvalue weighted by Crippen LogP contribution is -2.31. The molecular weight excluding hydrogens is 242 g/mol. The molecule has 1 heterocycles. The summed E-state index contributed by atoms with van der Waals surface area (Å²) in [6.45, 7) is 2.37. The molecular formula is C15H17NO3. The molecule has 1 aliphatic rings. The molecule has 0 atom stereocenters. The number of hydrogen-bond donors (Lipinski definition) is 0. The van der Waals surface area contributed by atoms with E-state index in [1.807, 2.05) is 30.3 Å². The lowest BCUT2D eigenvalue weighted by Gasteiger charge is -2.23. The Kier molecular flexibility index (Phi) is 4.34. The fourth-order valence-electron chi connectivity index (χ4n) is 1.97. The number of carbonyl (C=O) groups excluding carboxylic acids is 2. The van der Waals surface area contributed by atoms with E-state index in [9.17, 15) is 9.59 Å². The van der Waals surface area contributed by atoms with Gasteiger partial charge in [0.15, 0.2) is 5.78 Å². The van der Waals surface area contributed by atoms with Gasteiger partial charge < -0.3 is 4.74 Å². The molecule has 0 unspecified atom stereocenters. The van der Waals surface area contributed by atoms with Gasteiger partial charge in [-0.1, -0.05) is 30.3 Å². The van der Waals surface area contributed by atoms with Crippen LogP contribution >= 0.6 is 0 Å². The average Bonchev–Trinajstić information content (AvgIpc) is 2.46. The number of benzene rings is 1. The molecule has 0 saturated heterocycles. The summed E-state index contributed by atoms with van der Waals surface area (Å²) in [5.41, 5.74) is 1.63. The fraction of sp³-hybridized carbons (Fsp3) is 0.333. The third kappa shape index (κ3) is 3.68. The molecule has 0 fully saturated rings. The minimum absolute atomic E-state index is 0.0144. The van der Waals surface area contributed by atoms with E-state index in [1.54, 1.807) is 6.20 Å². The van der Waals surface area contributed by atoms with Crippen LogP contribution in [-0.2, 0) is 16.1 Å². The van der Waals surface area contributed by atoms with Gasteiger partial charge in [-0.05, 0) is 25.3 Å². The highest BCUT2D eigenvalue weighted by molar-refractivity contribution is 5.93. The van der Waals surface area contributed by atoms with Gasteiger partial charge in [-0.3, -0.25) is 9.69 Å². The van der Waals surface area contributed by atoms with Crippen molar-refractivity contribution in [2.75, 3.05) is 6.54 Å². The lowest BCUT2D eigenvalue weighted by molar-refractivity contribution is -0.113. The standard InChI is InChI=1S/C15H17NO3/c1-12(17)14-8-5-9-16(10-14)15(18)19-11-13-6-3-2-4-7-13/h2-4,6-7,10H,5,8-9,11H2,1H3. The highest BCUT2D eigenvalue weighted by atomic mass is 16.6. The number of ether oxygens (including phenoxy) is 1. The molecule has 0 aromatic heterocycles. The first kappa shape index (κ1) is 13.3. The van der Waals surface area contributed by atoms with Gasteiger partial charge >= 0.3 is 6.09 Å². The molecule has 2 rings (SSSR count). The Hall–Kier alpha value is -2.10. The largest absolute Gasteiger partial charge is 0.444 e. The number of Topliss-reactive ketones (excluding diaryl/α,β-unsaturated/α-hetero) is 1. The van der Waals surface area contributed by atoms with E-state index in [0.717, 1.165) is 18.4 Å². The van der Waals surface area contributed by atoms with Crippen molar-refractivity contribution in [1.82, 2.24) is 4.90 Å². The normalized spacial score (nSPS) is 14.8. The second-order valence-electron chi connectivity index (χ2n) is 4.55. The molecule has 0 radical (unpaired) electrons. The summed E-state index contributed by atoms with van der Waals surface area (Å²) in [6.07, 6.45) is 2.74. The quantitative estimate of drug-likeness (QED) is 0.838. The first-order valence-electron chi connectivity index (χ1n) is 6.36. The number of nitrogens with zero attached hydrogens (tertiary/aromatic N) is 1. The van der Waals surface area contributed by atoms with Crippen LogP contribution in [0.3, 0.4) is 0 Å². The van der Waals surface area contributed by atoms with Crippen molar-refractivity contribution in [2.24, 2.45) is 0 Å². The molecule has 0 aliphatic carbocycles. The summed E-state index contributed by atoms with van der Waals surface area (Å²) in [6, 6.07) is 9.52. The van der Waals surface area contributed by atoms with Crippen LogP contribution in [0.1, 0.15) is 25.3 Å². The van der Waals surface area contributed by atoms with Crippen molar-refractivity contribution < 1.29 is 14.3 Å². The highest BCUT2D eigenvalue weighted by Crippen LogP contribution is 2.16. The molecule has 4 nitrogen and oxygen atoms in total. The number of ketones is 1. The summed E-state index contributed by atoms with van der Waals surface area (Å²) in [7, 11) is 0. The second kappa shape index (κ2) is 6.18. The highest BCUT2D eigenvalue weighted by Gasteiger charge is 2.19. The maximum atomic E-state index is 11.9. The van der Waals surface area contributed by atoms with Gasteiger partial charge in [0, 0.05) is 18.3 Å². The summed E-state index contributed by atoms with van der Waals surface area (Å²) in [5.74, 6) is 0.0144. The molecule has 100 valence electrons. The summed E-state index contributed by atoms with van der Waals surface area (Å²) >= 11 is 0. The van der Waals surface area contributed by atoms with Gasteiger partial charge in [-0.2, -0.15) is 0 Å². The topological polar surface area (TPSA) is 46.6 Å². The second-order valence-corrected chi connectivity index (χ2v) is 4.55. The number of amides is 1. The zero-order valence-electron chi connectivity index (χ0n) is 11.0. The number of rotatable bonds is 3. The van der Waals surface area contributed by atoms with Crippen molar-refractivity contribution in [1.29, 1.82) is 0 Å². The molecule has 4 heteroatoms.